The fourth-order valence-corrected chi connectivity index (χ4v) is 6.47. The number of ether oxygens (including phenoxy) is 1. The van der Waals surface area contributed by atoms with E-state index >= 15 is 0 Å². The van der Waals surface area contributed by atoms with Crippen molar-refractivity contribution in [3.05, 3.63) is 46.7 Å². The monoisotopic (exact) mass is 562 g/mol. The summed E-state index contributed by atoms with van der Waals surface area (Å²) in [5, 5.41) is 9.45. The number of hydrogen-bond acceptors (Lipinski definition) is 7. The number of aliphatic imine (C=N–C) groups is 1. The number of rotatable bonds is 8. The topological polar surface area (TPSA) is 98.3 Å². The number of benzene rings is 1. The molecule has 9 nitrogen and oxygen atoms in total. The van der Waals surface area contributed by atoms with E-state index in [-0.39, 0.29) is 29.7 Å². The first-order valence-corrected chi connectivity index (χ1v) is 15.2. The van der Waals surface area contributed by atoms with Crippen molar-refractivity contribution in [2.45, 2.75) is 52.1 Å². The Hall–Kier alpha value is -3.01. The predicted octanol–water partition coefficient (Wildman–Crippen LogP) is 2.76. The van der Waals surface area contributed by atoms with Crippen LogP contribution in [-0.2, 0) is 9.53 Å². The highest BCUT2D eigenvalue weighted by atomic mass is 16.5. The van der Waals surface area contributed by atoms with Gasteiger partial charge in [-0.3, -0.25) is 19.5 Å². The SMILES string of the molecule is CC1=CC(C)C(CNC(=O)c2cc(C3=CCC(CN4CCOCC4)N=C3)cc(N(C)C3CCNCC3)c2C)C(=O)N1. The number of morpholine rings is 1. The van der Waals surface area contributed by atoms with Crippen molar-refractivity contribution >= 4 is 29.3 Å². The number of amides is 2. The van der Waals surface area contributed by atoms with Gasteiger partial charge in [-0.2, -0.15) is 0 Å². The number of nitrogens with zero attached hydrogens (tertiary/aromatic N) is 3. The van der Waals surface area contributed by atoms with E-state index in [4.69, 9.17) is 9.73 Å². The summed E-state index contributed by atoms with van der Waals surface area (Å²) in [7, 11) is 2.15. The number of hydrogen-bond donors (Lipinski definition) is 3. The smallest absolute Gasteiger partial charge is 0.251 e. The normalized spacial score (nSPS) is 25.8. The first-order valence-electron chi connectivity index (χ1n) is 15.2. The second kappa shape index (κ2) is 13.3. The second-order valence-corrected chi connectivity index (χ2v) is 12.0. The molecular weight excluding hydrogens is 516 g/mol. The van der Waals surface area contributed by atoms with Crippen molar-refractivity contribution in [2.75, 3.05) is 64.4 Å². The first kappa shape index (κ1) is 29.5. The average molecular weight is 563 g/mol. The minimum Gasteiger partial charge on any atom is -0.379 e. The van der Waals surface area contributed by atoms with Crippen molar-refractivity contribution < 1.29 is 14.3 Å². The minimum absolute atomic E-state index is 0.0372. The van der Waals surface area contributed by atoms with Crippen molar-refractivity contribution in [1.82, 2.24) is 20.9 Å². The number of anilines is 1. The molecule has 0 aromatic heterocycles. The van der Waals surface area contributed by atoms with Gasteiger partial charge in [0, 0.05) is 62.4 Å². The molecule has 0 saturated carbocycles. The third-order valence-corrected chi connectivity index (χ3v) is 9.09. The first-order chi connectivity index (χ1) is 19.8. The molecule has 0 radical (unpaired) electrons. The summed E-state index contributed by atoms with van der Waals surface area (Å²) < 4.78 is 5.49. The molecule has 4 heterocycles. The Kier molecular flexibility index (Phi) is 9.57. The molecule has 2 fully saturated rings. The lowest BCUT2D eigenvalue weighted by atomic mass is 9.89. The summed E-state index contributed by atoms with van der Waals surface area (Å²) >= 11 is 0. The van der Waals surface area contributed by atoms with Crippen LogP contribution in [0.15, 0.2) is 35.0 Å². The van der Waals surface area contributed by atoms with Crippen LogP contribution in [0.3, 0.4) is 0 Å². The van der Waals surface area contributed by atoms with E-state index in [1.165, 1.54) is 0 Å². The van der Waals surface area contributed by atoms with E-state index in [2.05, 4.69) is 51.0 Å². The molecule has 4 aliphatic heterocycles. The van der Waals surface area contributed by atoms with Crippen LogP contribution < -0.4 is 20.9 Å². The third-order valence-electron chi connectivity index (χ3n) is 9.09. The molecule has 3 atom stereocenters. The van der Waals surface area contributed by atoms with Gasteiger partial charge in [-0.1, -0.05) is 19.1 Å². The zero-order valence-corrected chi connectivity index (χ0v) is 25.0. The van der Waals surface area contributed by atoms with Crippen molar-refractivity contribution in [1.29, 1.82) is 0 Å². The van der Waals surface area contributed by atoms with E-state index in [1.807, 2.05) is 33.1 Å². The van der Waals surface area contributed by atoms with Gasteiger partial charge >= 0.3 is 0 Å². The van der Waals surface area contributed by atoms with Gasteiger partial charge in [-0.25, -0.2) is 0 Å². The molecule has 3 N–H and O–H groups in total. The Morgan fingerprint density at radius 1 is 1.20 bits per heavy atom. The molecule has 0 spiro atoms. The Morgan fingerprint density at radius 3 is 2.63 bits per heavy atom. The molecule has 1 aromatic rings. The number of nitrogens with one attached hydrogen (secondary N) is 3. The van der Waals surface area contributed by atoms with Crippen LogP contribution in [0.4, 0.5) is 5.69 Å². The Balaban J connectivity index is 1.37. The van der Waals surface area contributed by atoms with Crippen LogP contribution >= 0.6 is 0 Å². The molecule has 0 bridgehead atoms. The van der Waals surface area contributed by atoms with E-state index in [9.17, 15) is 9.59 Å². The van der Waals surface area contributed by atoms with Crippen LogP contribution in [0, 0.1) is 18.8 Å². The van der Waals surface area contributed by atoms with Crippen molar-refractivity contribution in [3.63, 3.8) is 0 Å². The summed E-state index contributed by atoms with van der Waals surface area (Å²) in [6.45, 7) is 12.7. The molecule has 2 amide bonds. The lowest BCUT2D eigenvalue weighted by Gasteiger charge is -2.35. The predicted molar refractivity (Wildman–Crippen MR) is 164 cm³/mol. The van der Waals surface area contributed by atoms with E-state index in [0.29, 0.717) is 18.2 Å². The van der Waals surface area contributed by atoms with Gasteiger partial charge in [-0.15, -0.1) is 0 Å². The summed E-state index contributed by atoms with van der Waals surface area (Å²) in [5.41, 5.74) is 5.62. The molecule has 3 unspecified atom stereocenters. The van der Waals surface area contributed by atoms with Gasteiger partial charge in [0.25, 0.3) is 5.91 Å². The molecule has 5 rings (SSSR count). The van der Waals surface area contributed by atoms with Crippen LogP contribution in [0.25, 0.3) is 5.57 Å². The maximum absolute atomic E-state index is 13.7. The van der Waals surface area contributed by atoms with Gasteiger partial charge in [0.15, 0.2) is 0 Å². The maximum Gasteiger partial charge on any atom is 0.251 e. The highest BCUT2D eigenvalue weighted by Crippen LogP contribution is 2.32. The summed E-state index contributed by atoms with van der Waals surface area (Å²) in [6.07, 6.45) is 9.31. The number of carbonyl (C=O) groups excluding carboxylic acids is 2. The number of piperidine rings is 1. The van der Waals surface area contributed by atoms with Gasteiger partial charge in [0.05, 0.1) is 25.2 Å². The Bertz CT molecular complexity index is 1210. The van der Waals surface area contributed by atoms with Crippen LogP contribution in [0.1, 0.15) is 54.6 Å². The van der Waals surface area contributed by atoms with Crippen molar-refractivity contribution in [3.8, 4) is 0 Å². The molecule has 41 heavy (non-hydrogen) atoms. The van der Waals surface area contributed by atoms with Gasteiger partial charge in [-0.05, 0) is 81.0 Å². The second-order valence-electron chi connectivity index (χ2n) is 12.0. The number of carbonyl (C=O) groups is 2. The lowest BCUT2D eigenvalue weighted by molar-refractivity contribution is -0.125. The third kappa shape index (κ3) is 7.08. The van der Waals surface area contributed by atoms with E-state index in [1.54, 1.807) is 0 Å². The molecule has 9 heteroatoms. The molecule has 0 aliphatic carbocycles. The standard InChI is InChI=1S/C32H46N6O3/c1-21-15-22(2)36-32(40)29(21)19-35-31(39)28-16-25(17-30(23(28)3)37(4)27-7-9-33-10-8-27)24-5-6-26(34-18-24)20-38-11-13-41-14-12-38/h5,15-18,21,26-27,29,33H,6-14,19-20H2,1-4H3,(H,35,39)(H,36,40). The Labute approximate surface area is 244 Å². The summed E-state index contributed by atoms with van der Waals surface area (Å²) in [4.78, 5) is 36.0. The van der Waals surface area contributed by atoms with Crippen LogP contribution in [0.5, 0.6) is 0 Å². The lowest BCUT2D eigenvalue weighted by Crippen LogP contribution is -2.44. The highest BCUT2D eigenvalue weighted by molar-refractivity contribution is 6.12. The van der Waals surface area contributed by atoms with Crippen LogP contribution in [-0.4, -0.2) is 94.5 Å². The van der Waals surface area contributed by atoms with Crippen LogP contribution in [0.2, 0.25) is 0 Å². The zero-order valence-electron chi connectivity index (χ0n) is 25.0. The minimum atomic E-state index is -0.292. The summed E-state index contributed by atoms with van der Waals surface area (Å²) in [5.74, 6) is -0.411. The number of allylic oxidation sites excluding steroid dienone is 3. The molecule has 2 saturated heterocycles. The van der Waals surface area contributed by atoms with Gasteiger partial charge in [0.1, 0.15) is 0 Å². The Morgan fingerprint density at radius 2 is 1.95 bits per heavy atom. The van der Waals surface area contributed by atoms with E-state index in [0.717, 1.165) is 93.3 Å². The number of dihydropyridines is 1. The molecule has 4 aliphatic rings. The molecule has 1 aromatic carbocycles. The molecular formula is C32H46N6O3. The highest BCUT2D eigenvalue weighted by Gasteiger charge is 2.29. The van der Waals surface area contributed by atoms with E-state index < -0.39 is 0 Å². The maximum atomic E-state index is 13.7. The zero-order chi connectivity index (χ0) is 28.9. The largest absolute Gasteiger partial charge is 0.379 e. The average Bonchev–Trinajstić information content (AvgIpc) is 2.97. The van der Waals surface area contributed by atoms with Crippen molar-refractivity contribution in [2.24, 2.45) is 16.8 Å². The van der Waals surface area contributed by atoms with Gasteiger partial charge < -0.3 is 25.6 Å². The quantitative estimate of drug-likeness (QED) is 0.451. The molecule has 222 valence electrons. The fraction of sp³-hybridized carbons (Fsp3) is 0.594. The fourth-order valence-electron chi connectivity index (χ4n) is 6.47. The van der Waals surface area contributed by atoms with Gasteiger partial charge in [0.2, 0.25) is 5.91 Å². The summed E-state index contributed by atoms with van der Waals surface area (Å²) in [6, 6.07) is 4.87.